The summed E-state index contributed by atoms with van der Waals surface area (Å²) in [5.74, 6) is 0. The molecular weight excluding hydrogens is 647 g/mol. The highest BCUT2D eigenvalue weighted by Gasteiger charge is 2.24. The van der Waals surface area contributed by atoms with Crippen molar-refractivity contribution in [3.63, 3.8) is 0 Å². The topological polar surface area (TPSA) is 42.9 Å². The van der Waals surface area contributed by atoms with Gasteiger partial charge in [-0.05, 0) is 65.4 Å². The van der Waals surface area contributed by atoms with Gasteiger partial charge in [0.1, 0.15) is 6.07 Å². The van der Waals surface area contributed by atoms with E-state index in [1.54, 1.807) is 0 Å². The normalized spacial score (nSPS) is 11.7. The van der Waals surface area contributed by atoms with Gasteiger partial charge in [-0.25, -0.2) is 4.85 Å². The summed E-state index contributed by atoms with van der Waals surface area (Å²) < 4.78 is 6.69. The minimum atomic E-state index is 0.472. The SMILES string of the molecule is [C-]#[N+]c1cc(-n2c3ccccc3c3ccc4c(c5ccccc5n4-c4ccccc4)c32)c(C#N)cc1-n1c2ccccc2c2c3ccccc3ccc21. The van der Waals surface area contributed by atoms with Gasteiger partial charge in [-0.1, -0.05) is 109 Å². The van der Waals surface area contributed by atoms with Gasteiger partial charge in [-0.2, -0.15) is 5.26 Å². The Morgan fingerprint density at radius 1 is 0.453 bits per heavy atom. The molecule has 244 valence electrons. The zero-order valence-electron chi connectivity index (χ0n) is 28.3. The summed E-state index contributed by atoms with van der Waals surface area (Å²) in [7, 11) is 0. The number of para-hydroxylation sites is 4. The van der Waals surface area contributed by atoms with E-state index in [0.29, 0.717) is 22.6 Å². The molecule has 3 aromatic heterocycles. The van der Waals surface area contributed by atoms with Crippen molar-refractivity contribution in [1.29, 1.82) is 5.26 Å². The molecule has 0 N–H and O–H groups in total. The lowest BCUT2D eigenvalue weighted by atomic mass is 10.0. The molecule has 0 aliphatic carbocycles. The lowest BCUT2D eigenvalue weighted by Gasteiger charge is -2.16. The van der Waals surface area contributed by atoms with Crippen LogP contribution in [-0.4, -0.2) is 13.7 Å². The fraction of sp³-hybridized carbons (Fsp3) is 0. The highest BCUT2D eigenvalue weighted by Crippen LogP contribution is 2.45. The zero-order chi connectivity index (χ0) is 35.2. The van der Waals surface area contributed by atoms with Gasteiger partial charge in [0.05, 0.1) is 56.6 Å². The van der Waals surface area contributed by atoms with Crippen LogP contribution in [0.3, 0.4) is 0 Å². The molecule has 11 aromatic rings. The fourth-order valence-electron chi connectivity index (χ4n) is 8.72. The zero-order valence-corrected chi connectivity index (χ0v) is 28.3. The van der Waals surface area contributed by atoms with Crippen molar-refractivity contribution >= 4 is 81.9 Å². The number of aromatic nitrogens is 3. The van der Waals surface area contributed by atoms with Crippen LogP contribution in [0.4, 0.5) is 5.69 Å². The Hall–Kier alpha value is -7.60. The van der Waals surface area contributed by atoms with Crippen molar-refractivity contribution in [3.8, 4) is 23.1 Å². The lowest BCUT2D eigenvalue weighted by Crippen LogP contribution is -2.02. The van der Waals surface area contributed by atoms with Crippen LogP contribution in [0.25, 0.3) is 98.1 Å². The average molecular weight is 674 g/mol. The summed E-state index contributed by atoms with van der Waals surface area (Å²) in [5.41, 5.74) is 9.58. The summed E-state index contributed by atoms with van der Waals surface area (Å²) in [6.07, 6.45) is 0. The monoisotopic (exact) mass is 673 g/mol. The molecule has 11 rings (SSSR count). The van der Waals surface area contributed by atoms with E-state index >= 15 is 0 Å². The third kappa shape index (κ3) is 3.94. The van der Waals surface area contributed by atoms with E-state index in [1.807, 2.05) is 30.3 Å². The van der Waals surface area contributed by atoms with Crippen molar-refractivity contribution in [2.75, 3.05) is 0 Å². The second-order valence-electron chi connectivity index (χ2n) is 13.5. The molecule has 0 saturated carbocycles. The first-order chi connectivity index (χ1) is 26.2. The predicted octanol–water partition coefficient (Wildman–Crippen LogP) is 12.6. The average Bonchev–Trinajstić information content (AvgIpc) is 3.86. The van der Waals surface area contributed by atoms with E-state index in [2.05, 4.69) is 158 Å². The van der Waals surface area contributed by atoms with E-state index in [0.717, 1.165) is 81.9 Å². The van der Waals surface area contributed by atoms with E-state index in [-0.39, 0.29) is 0 Å². The largest absolute Gasteiger partial charge is 0.319 e. The van der Waals surface area contributed by atoms with Gasteiger partial charge in [0, 0.05) is 38.0 Å². The maximum Gasteiger partial charge on any atom is 0.212 e. The van der Waals surface area contributed by atoms with Crippen LogP contribution >= 0.6 is 0 Å². The predicted molar refractivity (Wildman–Crippen MR) is 218 cm³/mol. The van der Waals surface area contributed by atoms with Crippen LogP contribution in [0.1, 0.15) is 5.56 Å². The maximum atomic E-state index is 11.0. The summed E-state index contributed by atoms with van der Waals surface area (Å²) in [4.78, 5) is 4.17. The summed E-state index contributed by atoms with van der Waals surface area (Å²) in [6, 6.07) is 59.2. The van der Waals surface area contributed by atoms with Gasteiger partial charge in [0.2, 0.25) is 5.69 Å². The van der Waals surface area contributed by atoms with E-state index in [4.69, 9.17) is 6.57 Å². The van der Waals surface area contributed by atoms with Crippen LogP contribution in [0, 0.1) is 17.9 Å². The van der Waals surface area contributed by atoms with E-state index in [9.17, 15) is 5.26 Å². The molecule has 0 fully saturated rings. The van der Waals surface area contributed by atoms with Gasteiger partial charge >= 0.3 is 0 Å². The van der Waals surface area contributed by atoms with Crippen molar-refractivity contribution < 1.29 is 0 Å². The Morgan fingerprint density at radius 3 is 1.77 bits per heavy atom. The number of fused-ring (bicyclic) bond motifs is 12. The summed E-state index contributed by atoms with van der Waals surface area (Å²) in [6.45, 7) is 8.56. The Kier molecular flexibility index (Phi) is 6.02. The molecular formula is C48H27N5. The molecule has 0 atom stereocenters. The Balaban J connectivity index is 1.27. The number of hydrogen-bond donors (Lipinski definition) is 0. The molecule has 53 heavy (non-hydrogen) atoms. The third-order valence-electron chi connectivity index (χ3n) is 10.9. The molecule has 0 aliphatic heterocycles. The molecule has 5 nitrogen and oxygen atoms in total. The first-order valence-corrected chi connectivity index (χ1v) is 17.6. The van der Waals surface area contributed by atoms with Crippen LogP contribution in [0.15, 0.2) is 164 Å². The molecule has 0 aliphatic rings. The van der Waals surface area contributed by atoms with E-state index in [1.165, 1.54) is 0 Å². The molecule has 5 heteroatoms. The van der Waals surface area contributed by atoms with Crippen molar-refractivity contribution in [1.82, 2.24) is 13.7 Å². The highest BCUT2D eigenvalue weighted by atomic mass is 15.0. The molecule has 0 bridgehead atoms. The third-order valence-corrected chi connectivity index (χ3v) is 10.9. The number of nitriles is 1. The van der Waals surface area contributed by atoms with Gasteiger partial charge < -0.3 is 13.7 Å². The second-order valence-corrected chi connectivity index (χ2v) is 13.5. The highest BCUT2D eigenvalue weighted by molar-refractivity contribution is 6.26. The van der Waals surface area contributed by atoms with Crippen LogP contribution < -0.4 is 0 Å². The van der Waals surface area contributed by atoms with Crippen LogP contribution in [0.2, 0.25) is 0 Å². The molecule has 3 heterocycles. The minimum absolute atomic E-state index is 0.472. The second kappa shape index (κ2) is 10.9. The molecule has 0 unspecified atom stereocenters. The quantitative estimate of drug-likeness (QED) is 0.172. The fourth-order valence-corrected chi connectivity index (χ4v) is 8.72. The molecule has 0 radical (unpaired) electrons. The van der Waals surface area contributed by atoms with E-state index < -0.39 is 0 Å². The molecule has 8 aromatic carbocycles. The number of rotatable bonds is 3. The molecule has 0 saturated heterocycles. The maximum absolute atomic E-state index is 11.0. The van der Waals surface area contributed by atoms with Gasteiger partial charge in [0.25, 0.3) is 0 Å². The summed E-state index contributed by atoms with van der Waals surface area (Å²) >= 11 is 0. The van der Waals surface area contributed by atoms with Crippen molar-refractivity contribution in [2.45, 2.75) is 0 Å². The first-order valence-electron chi connectivity index (χ1n) is 17.6. The molecule has 0 spiro atoms. The number of hydrogen-bond acceptors (Lipinski definition) is 1. The Morgan fingerprint density at radius 2 is 1.04 bits per heavy atom. The smallest absolute Gasteiger partial charge is 0.212 e. The van der Waals surface area contributed by atoms with Crippen LogP contribution in [-0.2, 0) is 0 Å². The number of nitrogens with zero attached hydrogens (tertiary/aromatic N) is 5. The van der Waals surface area contributed by atoms with Crippen molar-refractivity contribution in [3.05, 3.63) is 181 Å². The van der Waals surface area contributed by atoms with Crippen LogP contribution in [0.5, 0.6) is 0 Å². The van der Waals surface area contributed by atoms with Gasteiger partial charge in [0.15, 0.2) is 0 Å². The number of benzene rings is 8. The standard InChI is InChI=1S/C48H27N5/c1-50-38-28-44(31(29-49)27-45(38)52-41-22-12-8-18-36(41)46-33-16-6-5-13-30(33)23-25-42(46)52)53-39-20-10-7-17-34(39)35-24-26-43-47(48(35)53)37-19-9-11-21-40(37)51(43)32-14-3-2-4-15-32/h2-28H. The van der Waals surface area contributed by atoms with Crippen molar-refractivity contribution in [2.24, 2.45) is 0 Å². The van der Waals surface area contributed by atoms with Gasteiger partial charge in [-0.15, -0.1) is 0 Å². The Bertz CT molecular complexity index is 3420. The minimum Gasteiger partial charge on any atom is -0.319 e. The lowest BCUT2D eigenvalue weighted by molar-refractivity contribution is 1.14. The summed E-state index contributed by atoms with van der Waals surface area (Å²) in [5, 5.41) is 20.0. The molecule has 0 amide bonds. The Labute approximate surface area is 303 Å². The first kappa shape index (κ1) is 29.2. The van der Waals surface area contributed by atoms with Gasteiger partial charge in [-0.3, -0.25) is 0 Å².